The second kappa shape index (κ2) is 9.27. The average Bonchev–Trinajstić information content (AvgIpc) is 3.34. The van der Waals surface area contributed by atoms with E-state index < -0.39 is 6.04 Å². The van der Waals surface area contributed by atoms with Gasteiger partial charge in [0.25, 0.3) is 5.91 Å². The average molecular weight is 410 g/mol. The summed E-state index contributed by atoms with van der Waals surface area (Å²) in [6.45, 7) is 0. The van der Waals surface area contributed by atoms with Crippen LogP contribution in [-0.2, 0) is 11.2 Å². The number of para-hydroxylation sites is 1. The molecule has 0 radical (unpaired) electrons. The highest BCUT2D eigenvalue weighted by Gasteiger charge is 2.26. The topological polar surface area (TPSA) is 74.0 Å². The molecule has 1 fully saturated rings. The van der Waals surface area contributed by atoms with Crippen LogP contribution in [0.25, 0.3) is 10.9 Å². The van der Waals surface area contributed by atoms with E-state index >= 15 is 0 Å². The molecule has 3 aromatic rings. The van der Waals surface area contributed by atoms with Crippen molar-refractivity contribution in [3.05, 3.63) is 58.4 Å². The van der Waals surface area contributed by atoms with Crippen molar-refractivity contribution in [1.82, 2.24) is 15.6 Å². The summed E-state index contributed by atoms with van der Waals surface area (Å²) in [6, 6.07) is 11.3. The van der Waals surface area contributed by atoms with Gasteiger partial charge >= 0.3 is 0 Å². The molecular weight excluding hydrogens is 382 g/mol. The molecule has 2 aromatic heterocycles. The predicted octanol–water partition coefficient (Wildman–Crippen LogP) is 4.41. The van der Waals surface area contributed by atoms with Crippen molar-refractivity contribution in [2.24, 2.45) is 0 Å². The maximum atomic E-state index is 13.2. The quantitative estimate of drug-likeness (QED) is 0.528. The number of aromatic amines is 1. The van der Waals surface area contributed by atoms with Crippen LogP contribution < -0.4 is 10.6 Å². The van der Waals surface area contributed by atoms with Gasteiger partial charge in [-0.3, -0.25) is 9.59 Å². The Bertz CT molecular complexity index is 956. The number of H-pyrrole nitrogens is 1. The Kier molecular flexibility index (Phi) is 6.30. The van der Waals surface area contributed by atoms with Crippen LogP contribution in [0.4, 0.5) is 0 Å². The maximum Gasteiger partial charge on any atom is 0.262 e. The van der Waals surface area contributed by atoms with Crippen molar-refractivity contribution >= 4 is 34.1 Å². The van der Waals surface area contributed by atoms with E-state index in [1.807, 2.05) is 41.9 Å². The summed E-state index contributed by atoms with van der Waals surface area (Å²) >= 11 is 1.38. The SMILES string of the molecule is O=C(N[C@@H](Cc1c[nH]c2ccccc12)C(=O)NC1CCCCCC1)c1cccs1. The predicted molar refractivity (Wildman–Crippen MR) is 117 cm³/mol. The van der Waals surface area contributed by atoms with E-state index in [9.17, 15) is 9.59 Å². The Morgan fingerprint density at radius 3 is 2.62 bits per heavy atom. The first-order valence-corrected chi connectivity index (χ1v) is 11.3. The molecule has 0 bridgehead atoms. The fourth-order valence-electron chi connectivity index (χ4n) is 4.09. The second-order valence-corrected chi connectivity index (χ2v) is 8.71. The first-order chi connectivity index (χ1) is 14.2. The molecule has 1 aromatic carbocycles. The van der Waals surface area contributed by atoms with E-state index in [1.165, 1.54) is 24.2 Å². The first kappa shape index (κ1) is 19.7. The lowest BCUT2D eigenvalue weighted by Gasteiger charge is -2.22. The zero-order valence-corrected chi connectivity index (χ0v) is 17.3. The van der Waals surface area contributed by atoms with Crippen LogP contribution in [0.15, 0.2) is 48.0 Å². The van der Waals surface area contributed by atoms with E-state index in [4.69, 9.17) is 0 Å². The number of aromatic nitrogens is 1. The lowest BCUT2D eigenvalue weighted by molar-refractivity contribution is -0.123. The van der Waals surface area contributed by atoms with Crippen LogP contribution in [0.1, 0.15) is 53.8 Å². The zero-order chi connectivity index (χ0) is 20.1. The molecule has 3 N–H and O–H groups in total. The third-order valence-electron chi connectivity index (χ3n) is 5.67. The largest absolute Gasteiger partial charge is 0.361 e. The number of carbonyl (C=O) groups is 2. The molecular formula is C23H27N3O2S. The number of hydrogen-bond donors (Lipinski definition) is 3. The Morgan fingerprint density at radius 1 is 1.07 bits per heavy atom. The van der Waals surface area contributed by atoms with E-state index in [-0.39, 0.29) is 17.9 Å². The lowest BCUT2D eigenvalue weighted by Crippen LogP contribution is -2.50. The van der Waals surface area contributed by atoms with Crippen LogP contribution in [-0.4, -0.2) is 28.9 Å². The number of carbonyl (C=O) groups excluding carboxylic acids is 2. The number of fused-ring (bicyclic) bond motifs is 1. The van der Waals surface area contributed by atoms with E-state index in [2.05, 4.69) is 15.6 Å². The summed E-state index contributed by atoms with van der Waals surface area (Å²) in [5.74, 6) is -0.284. The Hall–Kier alpha value is -2.60. The number of amides is 2. The van der Waals surface area contributed by atoms with Crippen molar-refractivity contribution in [2.45, 2.75) is 57.0 Å². The molecule has 5 nitrogen and oxygen atoms in total. The Morgan fingerprint density at radius 2 is 1.86 bits per heavy atom. The number of hydrogen-bond acceptors (Lipinski definition) is 3. The van der Waals surface area contributed by atoms with Gasteiger partial charge in [0.1, 0.15) is 6.04 Å². The van der Waals surface area contributed by atoms with E-state index in [0.29, 0.717) is 11.3 Å². The van der Waals surface area contributed by atoms with Gasteiger partial charge < -0.3 is 15.6 Å². The molecule has 4 rings (SSSR count). The third-order valence-corrected chi connectivity index (χ3v) is 6.54. The number of thiophene rings is 1. The highest BCUT2D eigenvalue weighted by atomic mass is 32.1. The highest BCUT2D eigenvalue weighted by Crippen LogP contribution is 2.21. The first-order valence-electron chi connectivity index (χ1n) is 10.4. The normalized spacial score (nSPS) is 16.3. The summed E-state index contributed by atoms with van der Waals surface area (Å²) in [6.07, 6.45) is 9.21. The van der Waals surface area contributed by atoms with Crippen molar-refractivity contribution in [1.29, 1.82) is 0 Å². The number of nitrogens with one attached hydrogen (secondary N) is 3. The molecule has 29 heavy (non-hydrogen) atoms. The Balaban J connectivity index is 1.52. The molecule has 1 aliphatic carbocycles. The molecule has 1 saturated carbocycles. The smallest absolute Gasteiger partial charge is 0.262 e. The monoisotopic (exact) mass is 409 g/mol. The lowest BCUT2D eigenvalue weighted by atomic mass is 10.0. The minimum atomic E-state index is -0.605. The van der Waals surface area contributed by atoms with Crippen molar-refractivity contribution in [3.8, 4) is 0 Å². The molecule has 0 unspecified atom stereocenters. The molecule has 6 heteroatoms. The van der Waals surface area contributed by atoms with Gasteiger partial charge in [-0.05, 0) is 35.9 Å². The van der Waals surface area contributed by atoms with Gasteiger partial charge in [-0.25, -0.2) is 0 Å². The van der Waals surface area contributed by atoms with Gasteiger partial charge in [0, 0.05) is 29.6 Å². The molecule has 1 atom stereocenters. The third kappa shape index (κ3) is 4.88. The summed E-state index contributed by atoms with van der Waals surface area (Å²) < 4.78 is 0. The zero-order valence-electron chi connectivity index (χ0n) is 16.4. The van der Waals surface area contributed by atoms with Gasteiger partial charge in [-0.2, -0.15) is 0 Å². The highest BCUT2D eigenvalue weighted by molar-refractivity contribution is 7.12. The van der Waals surface area contributed by atoms with Gasteiger partial charge in [-0.1, -0.05) is 49.9 Å². The van der Waals surface area contributed by atoms with Gasteiger partial charge in [-0.15, -0.1) is 11.3 Å². The summed E-state index contributed by atoms with van der Waals surface area (Å²) in [4.78, 5) is 29.7. The summed E-state index contributed by atoms with van der Waals surface area (Å²) in [5.41, 5.74) is 2.07. The Labute approximate surface area is 174 Å². The number of rotatable bonds is 6. The fourth-order valence-corrected chi connectivity index (χ4v) is 4.72. The van der Waals surface area contributed by atoms with Crippen LogP contribution in [0.5, 0.6) is 0 Å². The maximum absolute atomic E-state index is 13.2. The minimum absolute atomic E-state index is 0.0907. The molecule has 2 amide bonds. The van der Waals surface area contributed by atoms with E-state index in [0.717, 1.165) is 42.1 Å². The summed E-state index contributed by atoms with van der Waals surface area (Å²) in [5, 5.41) is 9.14. The molecule has 0 spiro atoms. The van der Waals surface area contributed by atoms with Crippen LogP contribution in [0.3, 0.4) is 0 Å². The van der Waals surface area contributed by atoms with Crippen LogP contribution in [0.2, 0.25) is 0 Å². The fraction of sp³-hybridized carbons (Fsp3) is 0.391. The van der Waals surface area contributed by atoms with Crippen LogP contribution in [0, 0.1) is 0 Å². The van der Waals surface area contributed by atoms with Gasteiger partial charge in [0.05, 0.1) is 4.88 Å². The van der Waals surface area contributed by atoms with E-state index in [1.54, 1.807) is 6.07 Å². The minimum Gasteiger partial charge on any atom is -0.361 e. The van der Waals surface area contributed by atoms with Crippen molar-refractivity contribution < 1.29 is 9.59 Å². The van der Waals surface area contributed by atoms with Gasteiger partial charge in [0.15, 0.2) is 0 Å². The van der Waals surface area contributed by atoms with Crippen LogP contribution >= 0.6 is 11.3 Å². The molecule has 0 saturated heterocycles. The summed E-state index contributed by atoms with van der Waals surface area (Å²) in [7, 11) is 0. The van der Waals surface area contributed by atoms with Crippen molar-refractivity contribution in [2.75, 3.05) is 0 Å². The second-order valence-electron chi connectivity index (χ2n) is 7.76. The van der Waals surface area contributed by atoms with Crippen molar-refractivity contribution in [3.63, 3.8) is 0 Å². The number of benzene rings is 1. The molecule has 2 heterocycles. The molecule has 152 valence electrons. The van der Waals surface area contributed by atoms with Gasteiger partial charge in [0.2, 0.25) is 5.91 Å². The molecule has 0 aliphatic heterocycles. The standard InChI is InChI=1S/C23H27N3O2S/c27-22(25-17-8-3-1-2-4-9-17)20(26-23(28)21-12-7-13-29-21)14-16-15-24-19-11-6-5-10-18(16)19/h5-7,10-13,15,17,20,24H,1-4,8-9,14H2,(H,25,27)(H,26,28)/t20-/m0/s1. The molecule has 1 aliphatic rings.